The number of rotatable bonds is 12. The number of carboxylic acid groups (broad SMARTS) is 1. The van der Waals surface area contributed by atoms with Gasteiger partial charge in [-0.3, -0.25) is 4.79 Å². The molecule has 0 radical (unpaired) electrons. The van der Waals surface area contributed by atoms with Crippen molar-refractivity contribution in [2.45, 2.75) is 76.8 Å². The number of ether oxygens (including phenoxy) is 1. The number of carboxylic acids is 1. The second-order valence-corrected chi connectivity index (χ2v) is 9.45. The van der Waals surface area contributed by atoms with Crippen LogP contribution < -0.4 is 10.6 Å². The number of carbonyl (C=O) groups is 3. The van der Waals surface area contributed by atoms with E-state index in [1.807, 2.05) is 38.1 Å². The molecule has 0 heterocycles. The summed E-state index contributed by atoms with van der Waals surface area (Å²) in [7, 11) is 0. The smallest absolute Gasteiger partial charge is 0.407 e. The first-order chi connectivity index (χ1) is 16.8. The zero-order valence-electron chi connectivity index (χ0n) is 20.8. The van der Waals surface area contributed by atoms with Crippen molar-refractivity contribution >= 4 is 18.0 Å². The van der Waals surface area contributed by atoms with Gasteiger partial charge in [-0.2, -0.15) is 0 Å². The number of hydrogen-bond donors (Lipinski definition) is 3. The van der Waals surface area contributed by atoms with Gasteiger partial charge < -0.3 is 20.5 Å². The molecule has 1 unspecified atom stereocenters. The topological polar surface area (TPSA) is 105 Å². The van der Waals surface area contributed by atoms with Crippen LogP contribution in [0.1, 0.15) is 76.3 Å². The average Bonchev–Trinajstić information content (AvgIpc) is 3.15. The van der Waals surface area contributed by atoms with Crippen molar-refractivity contribution in [2.75, 3.05) is 6.61 Å². The minimum absolute atomic E-state index is 0.00319. The normalized spacial score (nSPS) is 14.8. The quantitative estimate of drug-likeness (QED) is 0.386. The first kappa shape index (κ1) is 26.3. The maximum Gasteiger partial charge on any atom is 0.407 e. The van der Waals surface area contributed by atoms with E-state index in [0.29, 0.717) is 19.3 Å². The fourth-order valence-corrected chi connectivity index (χ4v) is 4.79. The summed E-state index contributed by atoms with van der Waals surface area (Å²) < 4.78 is 5.63. The monoisotopic (exact) mass is 480 g/mol. The molecule has 188 valence electrons. The molecule has 3 rings (SSSR count). The van der Waals surface area contributed by atoms with Crippen LogP contribution in [0.15, 0.2) is 48.5 Å². The largest absolute Gasteiger partial charge is 0.480 e. The van der Waals surface area contributed by atoms with E-state index in [0.717, 1.165) is 35.1 Å². The van der Waals surface area contributed by atoms with Gasteiger partial charge in [-0.25, -0.2) is 9.59 Å². The van der Waals surface area contributed by atoms with E-state index >= 15 is 0 Å². The molecule has 0 aromatic heterocycles. The Morgan fingerprint density at radius 1 is 1.00 bits per heavy atom. The molecule has 7 nitrogen and oxygen atoms in total. The van der Waals surface area contributed by atoms with E-state index in [1.165, 1.54) is 6.92 Å². The Kier molecular flexibility index (Phi) is 8.90. The van der Waals surface area contributed by atoms with Crippen LogP contribution in [0, 0.1) is 0 Å². The van der Waals surface area contributed by atoms with Crippen molar-refractivity contribution in [1.29, 1.82) is 0 Å². The maximum atomic E-state index is 12.7. The van der Waals surface area contributed by atoms with Gasteiger partial charge in [0.1, 0.15) is 12.1 Å². The lowest BCUT2D eigenvalue weighted by atomic mass is 9.95. The summed E-state index contributed by atoms with van der Waals surface area (Å²) in [6.07, 6.45) is 2.71. The number of benzene rings is 2. The minimum Gasteiger partial charge on any atom is -0.480 e. The molecule has 0 fully saturated rings. The lowest BCUT2D eigenvalue weighted by Gasteiger charge is -2.27. The number of amides is 2. The maximum absolute atomic E-state index is 12.7. The fourth-order valence-electron chi connectivity index (χ4n) is 4.79. The fraction of sp³-hybridized carbons (Fsp3) is 0.464. The van der Waals surface area contributed by atoms with Gasteiger partial charge in [0.2, 0.25) is 5.91 Å². The van der Waals surface area contributed by atoms with Crippen LogP contribution in [0.3, 0.4) is 0 Å². The molecule has 0 saturated carbocycles. The Hall–Kier alpha value is -3.35. The second kappa shape index (κ2) is 11.9. The van der Waals surface area contributed by atoms with Crippen LogP contribution in [-0.2, 0) is 14.3 Å². The molecule has 35 heavy (non-hydrogen) atoms. The van der Waals surface area contributed by atoms with E-state index < -0.39 is 29.6 Å². The van der Waals surface area contributed by atoms with Gasteiger partial charge in [0, 0.05) is 18.4 Å². The lowest BCUT2D eigenvalue weighted by molar-refractivity contribution is -0.147. The highest BCUT2D eigenvalue weighted by Gasteiger charge is 2.34. The number of unbranched alkanes of at least 4 members (excludes halogenated alkanes) is 1. The van der Waals surface area contributed by atoms with Crippen molar-refractivity contribution in [3.05, 3.63) is 59.7 Å². The number of nitrogens with one attached hydrogen (secondary N) is 2. The predicted octanol–water partition coefficient (Wildman–Crippen LogP) is 5.23. The van der Waals surface area contributed by atoms with Gasteiger partial charge >= 0.3 is 12.1 Å². The van der Waals surface area contributed by atoms with Gasteiger partial charge in [-0.15, -0.1) is 0 Å². The summed E-state index contributed by atoms with van der Waals surface area (Å²) in [5.41, 5.74) is 3.25. The Morgan fingerprint density at radius 2 is 1.60 bits per heavy atom. The van der Waals surface area contributed by atoms with E-state index in [9.17, 15) is 19.5 Å². The highest BCUT2D eigenvalue weighted by atomic mass is 16.5. The number of alkyl carbamates (subject to hydrolysis) is 1. The number of fused-ring (bicyclic) bond motifs is 3. The summed E-state index contributed by atoms with van der Waals surface area (Å²) in [5.74, 6) is -1.51. The first-order valence-electron chi connectivity index (χ1n) is 12.4. The summed E-state index contributed by atoms with van der Waals surface area (Å²) in [6, 6.07) is 15.8. The van der Waals surface area contributed by atoms with Crippen LogP contribution in [-0.4, -0.2) is 41.3 Å². The van der Waals surface area contributed by atoms with Crippen molar-refractivity contribution in [1.82, 2.24) is 10.6 Å². The van der Waals surface area contributed by atoms with Gasteiger partial charge in [0.05, 0.1) is 0 Å². The predicted molar refractivity (Wildman–Crippen MR) is 135 cm³/mol. The van der Waals surface area contributed by atoms with Crippen molar-refractivity contribution < 1.29 is 24.2 Å². The van der Waals surface area contributed by atoms with Crippen LogP contribution in [0.5, 0.6) is 0 Å². The second-order valence-electron chi connectivity index (χ2n) is 9.45. The third-order valence-corrected chi connectivity index (χ3v) is 6.64. The highest BCUT2D eigenvalue weighted by Crippen LogP contribution is 2.44. The van der Waals surface area contributed by atoms with Crippen molar-refractivity contribution in [3.63, 3.8) is 0 Å². The molecule has 2 aromatic carbocycles. The molecule has 0 saturated heterocycles. The highest BCUT2D eigenvalue weighted by molar-refractivity contribution is 5.87. The lowest BCUT2D eigenvalue weighted by Crippen LogP contribution is -2.53. The molecule has 2 aromatic rings. The van der Waals surface area contributed by atoms with Crippen LogP contribution >= 0.6 is 0 Å². The van der Waals surface area contributed by atoms with Crippen LogP contribution in [0.4, 0.5) is 4.79 Å². The first-order valence-corrected chi connectivity index (χ1v) is 12.4. The summed E-state index contributed by atoms with van der Waals surface area (Å²) in [5, 5.41) is 15.0. The summed E-state index contributed by atoms with van der Waals surface area (Å²) in [6.45, 7) is 5.61. The van der Waals surface area contributed by atoms with Crippen LogP contribution in [0.25, 0.3) is 11.1 Å². The molecule has 3 N–H and O–H groups in total. The number of carbonyl (C=O) groups excluding carboxylic acids is 2. The Labute approximate surface area is 207 Å². The van der Waals surface area contributed by atoms with Gasteiger partial charge in [-0.05, 0) is 42.0 Å². The van der Waals surface area contributed by atoms with Gasteiger partial charge in [0.25, 0.3) is 0 Å². The minimum atomic E-state index is -1.33. The summed E-state index contributed by atoms with van der Waals surface area (Å²) >= 11 is 0. The van der Waals surface area contributed by atoms with Crippen molar-refractivity contribution in [3.8, 4) is 11.1 Å². The number of hydrogen-bond acceptors (Lipinski definition) is 4. The zero-order chi connectivity index (χ0) is 25.4. The van der Waals surface area contributed by atoms with Gasteiger partial charge in [-0.1, -0.05) is 81.6 Å². The molecule has 1 aliphatic carbocycles. The molecule has 1 aliphatic rings. The number of aliphatic carboxylic acids is 1. The van der Waals surface area contributed by atoms with Crippen LogP contribution in [0.2, 0.25) is 0 Å². The molecule has 2 amide bonds. The van der Waals surface area contributed by atoms with Gasteiger partial charge in [0.15, 0.2) is 0 Å². The van der Waals surface area contributed by atoms with E-state index in [1.54, 1.807) is 0 Å². The molecule has 0 aliphatic heterocycles. The standard InChI is InChI=1S/C28H36N2O5/c1-4-6-11-19(17-25(31)30-28(3,16-5-2)26(32)33)29-27(34)35-18-24-22-14-9-7-12-20(22)21-13-8-10-15-23(21)24/h7-10,12-15,19,24H,4-6,11,16-18H2,1-3H3,(H,29,34)(H,30,31)(H,32,33)/t19-,28?/m0/s1. The third-order valence-electron chi connectivity index (χ3n) is 6.64. The molecule has 7 heteroatoms. The van der Waals surface area contributed by atoms with E-state index in [-0.39, 0.29) is 18.9 Å². The Morgan fingerprint density at radius 3 is 2.14 bits per heavy atom. The SMILES string of the molecule is CCCC[C@@H](CC(=O)NC(C)(CCC)C(=O)O)NC(=O)OCC1c2ccccc2-c2ccccc21. The molecule has 0 bridgehead atoms. The zero-order valence-corrected chi connectivity index (χ0v) is 20.8. The molecular formula is C28H36N2O5. The molecule has 0 spiro atoms. The van der Waals surface area contributed by atoms with E-state index in [4.69, 9.17) is 4.74 Å². The Bertz CT molecular complexity index is 1010. The molecule has 2 atom stereocenters. The van der Waals surface area contributed by atoms with Crippen molar-refractivity contribution in [2.24, 2.45) is 0 Å². The average molecular weight is 481 g/mol. The summed E-state index contributed by atoms with van der Waals surface area (Å²) in [4.78, 5) is 37.0. The molecular weight excluding hydrogens is 444 g/mol. The van der Waals surface area contributed by atoms with E-state index in [2.05, 4.69) is 34.9 Å². The third kappa shape index (κ3) is 6.41. The Balaban J connectivity index is 1.62.